The summed E-state index contributed by atoms with van der Waals surface area (Å²) < 4.78 is 15.7. The second kappa shape index (κ2) is 6.36. The first-order valence-corrected chi connectivity index (χ1v) is 8.17. The summed E-state index contributed by atoms with van der Waals surface area (Å²) in [7, 11) is 0. The van der Waals surface area contributed by atoms with Crippen LogP contribution in [0.15, 0.2) is 104 Å². The Balaban J connectivity index is 2.11. The molecule has 0 saturated heterocycles. The molecule has 0 N–H and O–H groups in total. The van der Waals surface area contributed by atoms with Crippen LogP contribution in [-0.2, 0) is 5.54 Å². The van der Waals surface area contributed by atoms with Crippen LogP contribution >= 0.6 is 0 Å². The first-order valence-electron chi connectivity index (χ1n) is 8.17. The Labute approximate surface area is 146 Å². The first kappa shape index (κ1) is 15.3. The average Bonchev–Trinajstić information content (AvgIpc) is 3.21. The van der Waals surface area contributed by atoms with Gasteiger partial charge in [0.25, 0.3) is 0 Å². The van der Waals surface area contributed by atoms with Gasteiger partial charge in [-0.25, -0.2) is 9.37 Å². The molecule has 122 valence electrons. The number of benzene rings is 3. The molecule has 0 radical (unpaired) electrons. The number of nitrogens with zero attached hydrogens (tertiary/aromatic N) is 2. The van der Waals surface area contributed by atoms with E-state index in [2.05, 4.69) is 33.8 Å². The lowest BCUT2D eigenvalue weighted by Gasteiger charge is -2.37. The largest absolute Gasteiger partial charge is 0.319 e. The number of rotatable bonds is 4. The van der Waals surface area contributed by atoms with E-state index >= 15 is 0 Å². The molecule has 0 bridgehead atoms. The van der Waals surface area contributed by atoms with E-state index in [1.165, 1.54) is 12.1 Å². The normalized spacial score (nSPS) is 11.4. The summed E-state index contributed by atoms with van der Waals surface area (Å²) in [5, 5.41) is 0. The maximum atomic E-state index is 13.6. The van der Waals surface area contributed by atoms with Crippen molar-refractivity contribution in [3.05, 3.63) is 126 Å². The minimum Gasteiger partial charge on any atom is -0.319 e. The lowest BCUT2D eigenvalue weighted by molar-refractivity contribution is 0.512. The summed E-state index contributed by atoms with van der Waals surface area (Å²) >= 11 is 0. The monoisotopic (exact) mass is 328 g/mol. The highest BCUT2D eigenvalue weighted by atomic mass is 19.1. The van der Waals surface area contributed by atoms with Gasteiger partial charge in [0.2, 0.25) is 0 Å². The van der Waals surface area contributed by atoms with Gasteiger partial charge in [0.15, 0.2) is 0 Å². The molecule has 4 rings (SSSR count). The summed E-state index contributed by atoms with van der Waals surface area (Å²) in [5.41, 5.74) is 2.54. The quantitative estimate of drug-likeness (QED) is 0.489. The first-order chi connectivity index (χ1) is 12.3. The van der Waals surface area contributed by atoms with E-state index in [1.54, 1.807) is 6.20 Å². The van der Waals surface area contributed by atoms with Crippen LogP contribution in [0.3, 0.4) is 0 Å². The van der Waals surface area contributed by atoms with Gasteiger partial charge in [0.1, 0.15) is 11.4 Å². The van der Waals surface area contributed by atoms with Gasteiger partial charge in [-0.1, -0.05) is 72.8 Å². The molecule has 0 spiro atoms. The Bertz CT molecular complexity index is 891. The highest BCUT2D eigenvalue weighted by molar-refractivity contribution is 5.50. The van der Waals surface area contributed by atoms with Crippen LogP contribution in [0, 0.1) is 5.82 Å². The number of imidazole rings is 1. The SMILES string of the molecule is Fc1ccc(C(c2ccccc2)(c2ccccc2)n2ccnc2)cc1. The maximum absolute atomic E-state index is 13.6. The van der Waals surface area contributed by atoms with Crippen LogP contribution in [0.4, 0.5) is 4.39 Å². The lowest BCUT2D eigenvalue weighted by atomic mass is 9.77. The van der Waals surface area contributed by atoms with Crippen molar-refractivity contribution in [2.24, 2.45) is 0 Å². The van der Waals surface area contributed by atoms with Crippen molar-refractivity contribution >= 4 is 0 Å². The molecule has 0 unspecified atom stereocenters. The fourth-order valence-electron chi connectivity index (χ4n) is 3.45. The minimum atomic E-state index is -0.618. The van der Waals surface area contributed by atoms with Gasteiger partial charge in [0.05, 0.1) is 6.33 Å². The molecule has 2 nitrogen and oxygen atoms in total. The van der Waals surface area contributed by atoms with Crippen LogP contribution in [0.2, 0.25) is 0 Å². The van der Waals surface area contributed by atoms with Crippen LogP contribution in [0.1, 0.15) is 16.7 Å². The van der Waals surface area contributed by atoms with E-state index in [-0.39, 0.29) is 5.82 Å². The molecule has 3 heteroatoms. The number of hydrogen-bond acceptors (Lipinski definition) is 1. The van der Waals surface area contributed by atoms with Gasteiger partial charge in [-0.05, 0) is 28.8 Å². The Morgan fingerprint density at radius 3 is 1.68 bits per heavy atom. The zero-order chi connectivity index (χ0) is 17.1. The third kappa shape index (κ3) is 2.54. The topological polar surface area (TPSA) is 17.8 Å². The molecule has 0 aliphatic carbocycles. The number of aromatic nitrogens is 2. The summed E-state index contributed by atoms with van der Waals surface area (Å²) in [4.78, 5) is 4.27. The molecular weight excluding hydrogens is 311 g/mol. The molecule has 0 saturated carbocycles. The fourth-order valence-corrected chi connectivity index (χ4v) is 3.45. The van der Waals surface area contributed by atoms with Crippen LogP contribution in [0.25, 0.3) is 0 Å². The van der Waals surface area contributed by atoms with Gasteiger partial charge in [-0.15, -0.1) is 0 Å². The van der Waals surface area contributed by atoms with E-state index in [9.17, 15) is 4.39 Å². The van der Waals surface area contributed by atoms with Crippen LogP contribution in [-0.4, -0.2) is 9.55 Å². The second-order valence-electron chi connectivity index (χ2n) is 5.92. The zero-order valence-corrected chi connectivity index (χ0v) is 13.6. The molecule has 3 aromatic carbocycles. The van der Waals surface area contributed by atoms with E-state index in [4.69, 9.17) is 0 Å². The molecule has 0 atom stereocenters. The highest BCUT2D eigenvalue weighted by Gasteiger charge is 2.37. The smallest absolute Gasteiger partial charge is 0.123 e. The van der Waals surface area contributed by atoms with Crippen molar-refractivity contribution in [2.75, 3.05) is 0 Å². The Morgan fingerprint density at radius 1 is 0.680 bits per heavy atom. The highest BCUT2D eigenvalue weighted by Crippen LogP contribution is 2.40. The molecule has 0 aliphatic rings. The Hall–Kier alpha value is -3.20. The lowest BCUT2D eigenvalue weighted by Crippen LogP contribution is -2.36. The van der Waals surface area contributed by atoms with Crippen LogP contribution in [0.5, 0.6) is 0 Å². The Morgan fingerprint density at radius 2 is 1.20 bits per heavy atom. The molecule has 1 aromatic heterocycles. The molecular formula is C22H17FN2. The second-order valence-corrected chi connectivity index (χ2v) is 5.92. The standard InChI is InChI=1S/C22H17FN2/c23-21-13-11-20(12-14-21)22(25-16-15-24-17-25,18-7-3-1-4-8-18)19-9-5-2-6-10-19/h1-17H. The fraction of sp³-hybridized carbons (Fsp3) is 0.0455. The summed E-state index contributed by atoms with van der Waals surface area (Å²) in [5.74, 6) is -0.246. The third-order valence-corrected chi connectivity index (χ3v) is 4.54. The predicted octanol–water partition coefficient (Wildman–Crippen LogP) is 4.86. The molecule has 25 heavy (non-hydrogen) atoms. The Kier molecular flexibility index (Phi) is 3.90. The summed E-state index contributed by atoms with van der Waals surface area (Å²) in [6.45, 7) is 0. The third-order valence-electron chi connectivity index (χ3n) is 4.54. The van der Waals surface area contributed by atoms with Gasteiger partial charge in [0, 0.05) is 12.4 Å². The van der Waals surface area contributed by atoms with E-state index < -0.39 is 5.54 Å². The molecule has 0 aliphatic heterocycles. The van der Waals surface area contributed by atoms with Crippen molar-refractivity contribution in [1.82, 2.24) is 9.55 Å². The predicted molar refractivity (Wildman–Crippen MR) is 96.8 cm³/mol. The molecule has 0 fully saturated rings. The average molecular weight is 328 g/mol. The van der Waals surface area contributed by atoms with Crippen molar-refractivity contribution in [3.63, 3.8) is 0 Å². The zero-order valence-electron chi connectivity index (χ0n) is 13.6. The minimum absolute atomic E-state index is 0.246. The van der Waals surface area contributed by atoms with Crippen molar-refractivity contribution in [1.29, 1.82) is 0 Å². The van der Waals surface area contributed by atoms with Crippen molar-refractivity contribution in [2.45, 2.75) is 5.54 Å². The van der Waals surface area contributed by atoms with Gasteiger partial charge >= 0.3 is 0 Å². The molecule has 0 amide bonds. The van der Waals surface area contributed by atoms with E-state index in [0.29, 0.717) is 0 Å². The summed E-state index contributed by atoms with van der Waals surface area (Å²) in [6, 6.07) is 27.2. The number of halogens is 1. The van der Waals surface area contributed by atoms with Crippen molar-refractivity contribution in [3.8, 4) is 0 Å². The maximum Gasteiger partial charge on any atom is 0.123 e. The van der Waals surface area contributed by atoms with E-state index in [0.717, 1.165) is 16.7 Å². The van der Waals surface area contributed by atoms with Crippen molar-refractivity contribution < 1.29 is 4.39 Å². The van der Waals surface area contributed by atoms with Gasteiger partial charge in [-0.3, -0.25) is 0 Å². The van der Waals surface area contributed by atoms with Crippen LogP contribution < -0.4 is 0 Å². The van der Waals surface area contributed by atoms with Gasteiger partial charge in [-0.2, -0.15) is 0 Å². The summed E-state index contributed by atoms with van der Waals surface area (Å²) in [6.07, 6.45) is 5.52. The number of hydrogen-bond donors (Lipinski definition) is 0. The van der Waals surface area contributed by atoms with E-state index in [1.807, 2.05) is 61.1 Å². The van der Waals surface area contributed by atoms with Gasteiger partial charge < -0.3 is 4.57 Å². The molecule has 1 heterocycles. The molecule has 4 aromatic rings.